The Hall–Kier alpha value is -1.81. The second kappa shape index (κ2) is 4.14. The Bertz CT molecular complexity index is 603. The van der Waals surface area contributed by atoms with E-state index in [1.54, 1.807) is 0 Å². The van der Waals surface area contributed by atoms with Crippen molar-refractivity contribution in [2.45, 2.75) is 25.4 Å². The summed E-state index contributed by atoms with van der Waals surface area (Å²) in [5.74, 6) is -0.196. The molecule has 94 valence electrons. The van der Waals surface area contributed by atoms with Gasteiger partial charge in [-0.3, -0.25) is 10.1 Å². The molecule has 2 heterocycles. The Labute approximate surface area is 105 Å². The Balaban J connectivity index is 2.09. The number of fused-ring (bicyclic) bond motifs is 3. The van der Waals surface area contributed by atoms with E-state index in [-0.39, 0.29) is 18.1 Å². The Morgan fingerprint density at radius 2 is 2.17 bits per heavy atom. The molecular formula is C14H16N2O2. The minimum Gasteiger partial charge on any atom is -0.468 e. The summed E-state index contributed by atoms with van der Waals surface area (Å²) < 4.78 is 4.83. The van der Waals surface area contributed by atoms with Gasteiger partial charge in [0.1, 0.15) is 6.04 Å². The van der Waals surface area contributed by atoms with Gasteiger partial charge in [0.05, 0.1) is 7.11 Å². The number of aromatic amines is 1. The third kappa shape index (κ3) is 1.61. The number of nitrogens with one attached hydrogen (secondary N) is 2. The van der Waals surface area contributed by atoms with Crippen molar-refractivity contribution in [2.75, 3.05) is 7.11 Å². The predicted octanol–water partition coefficient (Wildman–Crippen LogP) is 1.92. The van der Waals surface area contributed by atoms with Crippen LogP contribution in [0.4, 0.5) is 0 Å². The molecule has 0 aliphatic carbocycles. The van der Waals surface area contributed by atoms with Gasteiger partial charge < -0.3 is 9.72 Å². The van der Waals surface area contributed by atoms with Crippen LogP contribution in [0.25, 0.3) is 10.9 Å². The van der Waals surface area contributed by atoms with Crippen LogP contribution in [0.2, 0.25) is 0 Å². The van der Waals surface area contributed by atoms with Crippen molar-refractivity contribution in [1.82, 2.24) is 10.3 Å². The minimum absolute atomic E-state index is 0.130. The van der Waals surface area contributed by atoms with E-state index >= 15 is 0 Å². The van der Waals surface area contributed by atoms with Crippen molar-refractivity contribution < 1.29 is 9.53 Å². The molecule has 0 radical (unpaired) electrons. The maximum Gasteiger partial charge on any atom is 0.323 e. The average Bonchev–Trinajstić information content (AvgIpc) is 2.77. The van der Waals surface area contributed by atoms with Gasteiger partial charge in [0, 0.05) is 29.1 Å². The van der Waals surface area contributed by atoms with E-state index in [9.17, 15) is 4.79 Å². The zero-order chi connectivity index (χ0) is 12.7. The predicted molar refractivity (Wildman–Crippen MR) is 69.4 cm³/mol. The Kier molecular flexibility index (Phi) is 2.59. The summed E-state index contributed by atoms with van der Waals surface area (Å²) in [6.07, 6.45) is 0.677. The van der Waals surface area contributed by atoms with Gasteiger partial charge in [0.2, 0.25) is 0 Å². The minimum atomic E-state index is -0.253. The molecule has 2 aromatic rings. The van der Waals surface area contributed by atoms with Gasteiger partial charge in [-0.1, -0.05) is 18.2 Å². The highest BCUT2D eigenvalue weighted by Gasteiger charge is 2.31. The summed E-state index contributed by atoms with van der Waals surface area (Å²) in [5.41, 5.74) is 3.53. The van der Waals surface area contributed by atoms with E-state index in [2.05, 4.69) is 29.4 Å². The fourth-order valence-electron chi connectivity index (χ4n) is 2.75. The molecule has 0 amide bonds. The first-order valence-corrected chi connectivity index (χ1v) is 6.14. The summed E-state index contributed by atoms with van der Waals surface area (Å²) in [7, 11) is 1.43. The number of carbonyl (C=O) groups excluding carboxylic acids is 1. The number of benzene rings is 1. The van der Waals surface area contributed by atoms with Gasteiger partial charge in [-0.2, -0.15) is 0 Å². The average molecular weight is 244 g/mol. The first-order chi connectivity index (χ1) is 8.70. The van der Waals surface area contributed by atoms with Crippen LogP contribution in [0.15, 0.2) is 24.3 Å². The van der Waals surface area contributed by atoms with Crippen molar-refractivity contribution in [3.8, 4) is 0 Å². The van der Waals surface area contributed by atoms with Crippen LogP contribution >= 0.6 is 0 Å². The second-order valence-corrected chi connectivity index (χ2v) is 4.73. The molecule has 2 atom stereocenters. The smallest absolute Gasteiger partial charge is 0.323 e. The summed E-state index contributed by atoms with van der Waals surface area (Å²) >= 11 is 0. The van der Waals surface area contributed by atoms with Crippen molar-refractivity contribution in [1.29, 1.82) is 0 Å². The number of ether oxygens (including phenoxy) is 1. The highest BCUT2D eigenvalue weighted by molar-refractivity contribution is 5.87. The van der Waals surface area contributed by atoms with Crippen LogP contribution in [0.3, 0.4) is 0 Å². The molecule has 1 aromatic carbocycles. The molecule has 0 bridgehead atoms. The lowest BCUT2D eigenvalue weighted by atomic mass is 9.95. The lowest BCUT2D eigenvalue weighted by Crippen LogP contribution is -2.44. The molecule has 0 saturated carbocycles. The summed E-state index contributed by atoms with van der Waals surface area (Å²) in [4.78, 5) is 15.1. The van der Waals surface area contributed by atoms with E-state index in [0.717, 1.165) is 5.52 Å². The first-order valence-electron chi connectivity index (χ1n) is 6.14. The van der Waals surface area contributed by atoms with Gasteiger partial charge in [-0.15, -0.1) is 0 Å². The summed E-state index contributed by atoms with van der Waals surface area (Å²) in [6, 6.07) is 8.07. The van der Waals surface area contributed by atoms with Crippen molar-refractivity contribution >= 4 is 16.9 Å². The van der Waals surface area contributed by atoms with Crippen molar-refractivity contribution in [2.24, 2.45) is 0 Å². The number of hydrogen-bond acceptors (Lipinski definition) is 3. The SMILES string of the molecule is COC(=O)[C@@H]1Cc2c([nH]c3ccccc23)[C@H](C)N1. The molecule has 1 aliphatic rings. The third-order valence-electron chi connectivity index (χ3n) is 3.62. The molecule has 0 saturated heterocycles. The molecule has 0 spiro atoms. The second-order valence-electron chi connectivity index (χ2n) is 4.73. The lowest BCUT2D eigenvalue weighted by molar-refractivity contribution is -0.143. The van der Waals surface area contributed by atoms with E-state index in [1.807, 2.05) is 12.1 Å². The zero-order valence-electron chi connectivity index (χ0n) is 10.5. The van der Waals surface area contributed by atoms with E-state index in [1.165, 1.54) is 23.8 Å². The van der Waals surface area contributed by atoms with Gasteiger partial charge >= 0.3 is 5.97 Å². The van der Waals surface area contributed by atoms with Crippen LogP contribution in [0, 0.1) is 0 Å². The highest BCUT2D eigenvalue weighted by atomic mass is 16.5. The third-order valence-corrected chi connectivity index (χ3v) is 3.62. The molecule has 0 unspecified atom stereocenters. The molecule has 4 nitrogen and oxygen atoms in total. The number of esters is 1. The number of H-pyrrole nitrogens is 1. The molecule has 0 fully saturated rings. The van der Waals surface area contributed by atoms with Gasteiger partial charge in [-0.25, -0.2) is 0 Å². The molecule has 2 N–H and O–H groups in total. The zero-order valence-corrected chi connectivity index (χ0v) is 10.5. The number of aromatic nitrogens is 1. The Morgan fingerprint density at radius 1 is 1.39 bits per heavy atom. The largest absolute Gasteiger partial charge is 0.468 e. The van der Waals surface area contributed by atoms with E-state index in [0.29, 0.717) is 6.42 Å². The van der Waals surface area contributed by atoms with Crippen LogP contribution in [0.5, 0.6) is 0 Å². The molecule has 3 rings (SSSR count). The topological polar surface area (TPSA) is 54.1 Å². The number of rotatable bonds is 1. The van der Waals surface area contributed by atoms with Gasteiger partial charge in [0.25, 0.3) is 0 Å². The van der Waals surface area contributed by atoms with Crippen LogP contribution in [0.1, 0.15) is 24.2 Å². The highest BCUT2D eigenvalue weighted by Crippen LogP contribution is 2.31. The molecule has 18 heavy (non-hydrogen) atoms. The Morgan fingerprint density at radius 3 is 2.94 bits per heavy atom. The summed E-state index contributed by atoms with van der Waals surface area (Å²) in [5, 5.41) is 4.48. The number of hydrogen-bond donors (Lipinski definition) is 2. The molecular weight excluding hydrogens is 228 g/mol. The van der Waals surface area contributed by atoms with Gasteiger partial charge in [-0.05, 0) is 18.6 Å². The molecule has 4 heteroatoms. The first kappa shape index (κ1) is 11.3. The number of para-hydroxylation sites is 1. The lowest BCUT2D eigenvalue weighted by Gasteiger charge is -2.27. The number of carbonyl (C=O) groups is 1. The van der Waals surface area contributed by atoms with Gasteiger partial charge in [0.15, 0.2) is 0 Å². The van der Waals surface area contributed by atoms with E-state index < -0.39 is 0 Å². The fraction of sp³-hybridized carbons (Fsp3) is 0.357. The maximum absolute atomic E-state index is 11.7. The monoisotopic (exact) mass is 244 g/mol. The quantitative estimate of drug-likeness (QED) is 0.753. The standard InChI is InChI=1S/C14H16N2O2/c1-8-13-10(7-12(15-8)14(17)18-2)9-5-3-4-6-11(9)16-13/h3-6,8,12,15-16H,7H2,1-2H3/t8-,12-/m0/s1. The maximum atomic E-state index is 11.7. The van der Waals surface area contributed by atoms with Crippen LogP contribution in [-0.4, -0.2) is 24.1 Å². The molecule has 1 aromatic heterocycles. The van der Waals surface area contributed by atoms with Crippen molar-refractivity contribution in [3.63, 3.8) is 0 Å². The van der Waals surface area contributed by atoms with E-state index in [4.69, 9.17) is 4.74 Å². The van der Waals surface area contributed by atoms with Crippen LogP contribution < -0.4 is 5.32 Å². The fourth-order valence-corrected chi connectivity index (χ4v) is 2.75. The summed E-state index contributed by atoms with van der Waals surface area (Å²) in [6.45, 7) is 2.06. The van der Waals surface area contributed by atoms with Crippen LogP contribution in [-0.2, 0) is 16.0 Å². The number of methoxy groups -OCH3 is 1. The normalized spacial score (nSPS) is 22.8. The molecule has 1 aliphatic heterocycles. The van der Waals surface area contributed by atoms with Crippen molar-refractivity contribution in [3.05, 3.63) is 35.5 Å².